The van der Waals surface area contributed by atoms with Gasteiger partial charge in [-0.15, -0.1) is 0 Å². The minimum atomic E-state index is -0.0996. The summed E-state index contributed by atoms with van der Waals surface area (Å²) in [5.41, 5.74) is 8.16. The van der Waals surface area contributed by atoms with Crippen molar-refractivity contribution < 1.29 is 18.9 Å². The highest BCUT2D eigenvalue weighted by molar-refractivity contribution is 5.81. The molecule has 1 aliphatic carbocycles. The van der Waals surface area contributed by atoms with Crippen LogP contribution in [0.25, 0.3) is 11.1 Å². The number of fused-ring (bicyclic) bond motifs is 3. The average molecular weight is 451 g/mol. The fourth-order valence-electron chi connectivity index (χ4n) is 5.17. The molecule has 4 nitrogen and oxygen atoms in total. The highest BCUT2D eigenvalue weighted by Crippen LogP contribution is 2.53. The van der Waals surface area contributed by atoms with E-state index in [0.717, 1.165) is 38.9 Å². The summed E-state index contributed by atoms with van der Waals surface area (Å²) in [6.45, 7) is 13.1. The van der Waals surface area contributed by atoms with Crippen molar-refractivity contribution in [3.8, 4) is 11.1 Å². The quantitative estimate of drug-likeness (QED) is 0.318. The summed E-state index contributed by atoms with van der Waals surface area (Å²) in [7, 11) is 0. The molecule has 2 heterocycles. The maximum atomic E-state index is 6.18. The van der Waals surface area contributed by atoms with Crippen molar-refractivity contribution in [3.05, 3.63) is 58.7 Å². The van der Waals surface area contributed by atoms with Crippen LogP contribution >= 0.6 is 0 Å². The summed E-state index contributed by atoms with van der Waals surface area (Å²) in [6.07, 6.45) is 3.97. The summed E-state index contributed by atoms with van der Waals surface area (Å²) < 4.78 is 23.4. The molecule has 2 fully saturated rings. The Morgan fingerprint density at radius 2 is 1.15 bits per heavy atom. The van der Waals surface area contributed by atoms with Crippen molar-refractivity contribution in [2.24, 2.45) is 0 Å². The number of aryl methyl sites for hydroxylation is 2. The van der Waals surface area contributed by atoms with E-state index in [1.54, 1.807) is 0 Å². The van der Waals surface area contributed by atoms with Crippen LogP contribution in [0.5, 0.6) is 0 Å². The third-order valence-electron chi connectivity index (χ3n) is 7.74. The van der Waals surface area contributed by atoms with E-state index in [0.29, 0.717) is 26.4 Å². The van der Waals surface area contributed by atoms with Crippen LogP contribution in [0.15, 0.2) is 36.4 Å². The molecule has 2 aromatic rings. The molecule has 0 saturated carbocycles. The highest BCUT2D eigenvalue weighted by atomic mass is 16.6. The van der Waals surface area contributed by atoms with E-state index < -0.39 is 0 Å². The highest BCUT2D eigenvalue weighted by Gasteiger charge is 2.45. The number of benzene rings is 2. The van der Waals surface area contributed by atoms with E-state index in [1.165, 1.54) is 33.4 Å². The molecule has 0 aromatic heterocycles. The molecule has 2 aliphatic heterocycles. The molecular formula is C29H38O4. The molecule has 178 valence electrons. The van der Waals surface area contributed by atoms with Gasteiger partial charge in [0.15, 0.2) is 0 Å². The minimum Gasteiger partial charge on any atom is -0.378 e. The third-order valence-corrected chi connectivity index (χ3v) is 7.74. The minimum absolute atomic E-state index is 0.0771. The molecule has 2 atom stereocenters. The van der Waals surface area contributed by atoms with Gasteiger partial charge in [0.1, 0.15) is 11.2 Å². The topological polar surface area (TPSA) is 43.5 Å². The fourth-order valence-corrected chi connectivity index (χ4v) is 5.17. The van der Waals surface area contributed by atoms with Crippen LogP contribution in [0.4, 0.5) is 0 Å². The first kappa shape index (κ1) is 23.0. The van der Waals surface area contributed by atoms with E-state index in [9.17, 15) is 0 Å². The Kier molecular flexibility index (Phi) is 6.15. The first-order chi connectivity index (χ1) is 15.9. The monoisotopic (exact) mass is 450 g/mol. The number of ether oxygens (including phenoxy) is 4. The van der Waals surface area contributed by atoms with Crippen LogP contribution in [0.3, 0.4) is 0 Å². The van der Waals surface area contributed by atoms with Gasteiger partial charge in [-0.2, -0.15) is 0 Å². The van der Waals surface area contributed by atoms with E-state index in [2.05, 4.69) is 64.1 Å². The zero-order valence-corrected chi connectivity index (χ0v) is 20.7. The van der Waals surface area contributed by atoms with E-state index >= 15 is 0 Å². The van der Waals surface area contributed by atoms with Crippen molar-refractivity contribution in [2.45, 2.75) is 70.0 Å². The Bertz CT molecular complexity index is 921. The molecule has 0 spiro atoms. The van der Waals surface area contributed by atoms with Gasteiger partial charge in [-0.1, -0.05) is 50.2 Å². The van der Waals surface area contributed by atoms with Gasteiger partial charge in [-0.25, -0.2) is 0 Å². The van der Waals surface area contributed by atoms with Gasteiger partial charge in [-0.3, -0.25) is 0 Å². The maximum absolute atomic E-state index is 6.18. The van der Waals surface area contributed by atoms with Crippen LogP contribution in [0, 0.1) is 0 Å². The van der Waals surface area contributed by atoms with Crippen molar-refractivity contribution in [1.29, 1.82) is 0 Å². The molecule has 0 N–H and O–H groups in total. The molecule has 2 saturated heterocycles. The summed E-state index contributed by atoms with van der Waals surface area (Å²) >= 11 is 0. The number of epoxide rings is 2. The SMILES string of the molecule is CCc1ccc2c(c1)C(CCOCC1(C)CO1)(CCOCC1(C)CO1)c1cc(CC)ccc1-2. The lowest BCUT2D eigenvalue weighted by Gasteiger charge is -2.33. The second-order valence-electron chi connectivity index (χ2n) is 10.6. The van der Waals surface area contributed by atoms with Crippen molar-refractivity contribution in [3.63, 3.8) is 0 Å². The molecular weight excluding hydrogens is 412 g/mol. The average Bonchev–Trinajstić information content (AvgIpc) is 3.74. The zero-order chi connectivity index (χ0) is 23.1. The van der Waals surface area contributed by atoms with Crippen LogP contribution in [0.1, 0.15) is 62.8 Å². The summed E-state index contributed by atoms with van der Waals surface area (Å²) in [6, 6.07) is 14.1. The maximum Gasteiger partial charge on any atom is 0.112 e. The van der Waals surface area contributed by atoms with Gasteiger partial charge < -0.3 is 18.9 Å². The molecule has 2 unspecified atom stereocenters. The van der Waals surface area contributed by atoms with Gasteiger partial charge in [-0.05, 0) is 72.9 Å². The Morgan fingerprint density at radius 3 is 1.52 bits per heavy atom. The summed E-state index contributed by atoms with van der Waals surface area (Å²) in [5, 5.41) is 0. The van der Waals surface area contributed by atoms with Crippen LogP contribution in [-0.2, 0) is 37.2 Å². The Morgan fingerprint density at radius 1 is 0.727 bits per heavy atom. The van der Waals surface area contributed by atoms with E-state index in [1.807, 2.05) is 0 Å². The Hall–Kier alpha value is -1.72. The Balaban J connectivity index is 1.47. The Labute approximate surface area is 198 Å². The van der Waals surface area contributed by atoms with Gasteiger partial charge in [0.2, 0.25) is 0 Å². The lowest BCUT2D eigenvalue weighted by molar-refractivity contribution is 0.0578. The summed E-state index contributed by atoms with van der Waals surface area (Å²) in [5.74, 6) is 0. The van der Waals surface area contributed by atoms with Crippen molar-refractivity contribution >= 4 is 0 Å². The first-order valence-corrected chi connectivity index (χ1v) is 12.6. The molecule has 0 amide bonds. The number of hydrogen-bond acceptors (Lipinski definition) is 4. The lowest BCUT2D eigenvalue weighted by atomic mass is 9.72. The number of hydrogen-bond donors (Lipinski definition) is 0. The largest absolute Gasteiger partial charge is 0.378 e. The van der Waals surface area contributed by atoms with Crippen molar-refractivity contribution in [1.82, 2.24) is 0 Å². The lowest BCUT2D eigenvalue weighted by Crippen LogP contribution is -2.31. The predicted molar refractivity (Wildman–Crippen MR) is 131 cm³/mol. The van der Waals surface area contributed by atoms with E-state index in [4.69, 9.17) is 18.9 Å². The van der Waals surface area contributed by atoms with Crippen LogP contribution in [0.2, 0.25) is 0 Å². The van der Waals surface area contributed by atoms with Crippen LogP contribution in [-0.4, -0.2) is 50.8 Å². The zero-order valence-electron chi connectivity index (χ0n) is 20.7. The predicted octanol–water partition coefficient (Wildman–Crippen LogP) is 5.47. The number of rotatable bonds is 12. The first-order valence-electron chi connectivity index (χ1n) is 12.6. The molecule has 0 radical (unpaired) electrons. The van der Waals surface area contributed by atoms with Gasteiger partial charge in [0, 0.05) is 18.6 Å². The second kappa shape index (κ2) is 8.81. The van der Waals surface area contributed by atoms with Gasteiger partial charge >= 0.3 is 0 Å². The van der Waals surface area contributed by atoms with Crippen LogP contribution < -0.4 is 0 Å². The molecule has 3 aliphatic rings. The normalized spacial score (nSPS) is 26.2. The smallest absolute Gasteiger partial charge is 0.112 e. The molecule has 0 bridgehead atoms. The molecule has 4 heteroatoms. The molecule has 5 rings (SSSR count). The van der Waals surface area contributed by atoms with E-state index in [-0.39, 0.29) is 16.6 Å². The molecule has 2 aromatic carbocycles. The second-order valence-corrected chi connectivity index (χ2v) is 10.6. The molecule has 33 heavy (non-hydrogen) atoms. The third kappa shape index (κ3) is 4.64. The van der Waals surface area contributed by atoms with Gasteiger partial charge in [0.05, 0.1) is 26.4 Å². The van der Waals surface area contributed by atoms with Gasteiger partial charge in [0.25, 0.3) is 0 Å². The van der Waals surface area contributed by atoms with Crippen molar-refractivity contribution in [2.75, 3.05) is 39.6 Å². The summed E-state index contributed by atoms with van der Waals surface area (Å²) in [4.78, 5) is 0. The fraction of sp³-hybridized carbons (Fsp3) is 0.586. The standard InChI is InChI=1S/C29H38O4/c1-5-21-7-9-23-24-10-8-22(6-2)16-26(24)29(25(23)15-21,11-13-30-17-27(3)19-32-27)12-14-31-18-28(4)20-33-28/h7-10,15-16H,5-6,11-14,17-20H2,1-4H3.